The summed E-state index contributed by atoms with van der Waals surface area (Å²) in [6, 6.07) is 10.1. The lowest BCUT2D eigenvalue weighted by molar-refractivity contribution is 0.545. The highest BCUT2D eigenvalue weighted by Gasteiger charge is 2.21. The van der Waals surface area contributed by atoms with E-state index in [9.17, 15) is 0 Å². The van der Waals surface area contributed by atoms with Gasteiger partial charge in [-0.3, -0.25) is 0 Å². The van der Waals surface area contributed by atoms with Gasteiger partial charge in [0.15, 0.2) is 0 Å². The molecule has 94 valence electrons. The van der Waals surface area contributed by atoms with E-state index in [1.165, 1.54) is 0 Å². The quantitative estimate of drug-likeness (QED) is 0.536. The SMILES string of the molecule is CC(C)(C)c1nc(Cl)c(I)c(-c2ccccc2)n1. The second-order valence-electron chi connectivity index (χ2n) is 5.12. The molecule has 0 saturated carbocycles. The maximum absolute atomic E-state index is 6.22. The van der Waals surface area contributed by atoms with Gasteiger partial charge in [0.2, 0.25) is 0 Å². The first-order valence-corrected chi connectivity index (χ1v) is 7.14. The monoisotopic (exact) mass is 372 g/mol. The molecule has 2 aromatic rings. The van der Waals surface area contributed by atoms with Crippen molar-refractivity contribution in [1.29, 1.82) is 0 Å². The van der Waals surface area contributed by atoms with Crippen molar-refractivity contribution >= 4 is 34.2 Å². The number of aromatic nitrogens is 2. The van der Waals surface area contributed by atoms with Gasteiger partial charge in [0.05, 0.1) is 9.26 Å². The van der Waals surface area contributed by atoms with Crippen molar-refractivity contribution in [2.45, 2.75) is 26.2 Å². The molecule has 0 aliphatic rings. The Morgan fingerprint density at radius 3 is 2.22 bits per heavy atom. The zero-order chi connectivity index (χ0) is 13.3. The summed E-state index contributed by atoms with van der Waals surface area (Å²) in [7, 11) is 0. The van der Waals surface area contributed by atoms with Gasteiger partial charge in [-0.2, -0.15) is 0 Å². The zero-order valence-electron chi connectivity index (χ0n) is 10.5. The van der Waals surface area contributed by atoms with Crippen LogP contribution < -0.4 is 0 Å². The van der Waals surface area contributed by atoms with E-state index in [1.54, 1.807) is 0 Å². The summed E-state index contributed by atoms with van der Waals surface area (Å²) in [5, 5.41) is 0.523. The lowest BCUT2D eigenvalue weighted by Crippen LogP contribution is -2.17. The molecule has 0 aliphatic carbocycles. The molecule has 2 rings (SSSR count). The van der Waals surface area contributed by atoms with Crippen LogP contribution in [-0.4, -0.2) is 9.97 Å². The minimum atomic E-state index is -0.114. The van der Waals surface area contributed by atoms with Gasteiger partial charge in [-0.15, -0.1) is 0 Å². The Bertz CT molecular complexity index is 562. The molecule has 1 aromatic heterocycles. The standard InChI is InChI=1S/C14H14ClIN2/c1-14(2,3)13-17-11(10(16)12(15)18-13)9-7-5-4-6-8-9/h4-8H,1-3H3. The molecule has 0 aliphatic heterocycles. The van der Waals surface area contributed by atoms with Crippen LogP contribution in [0.1, 0.15) is 26.6 Å². The summed E-state index contributed by atoms with van der Waals surface area (Å²) in [5.41, 5.74) is 1.86. The van der Waals surface area contributed by atoms with Gasteiger partial charge >= 0.3 is 0 Å². The second kappa shape index (κ2) is 5.13. The molecule has 0 amide bonds. The molecule has 0 saturated heterocycles. The van der Waals surface area contributed by atoms with E-state index in [2.05, 4.69) is 53.3 Å². The Labute approximate surface area is 126 Å². The predicted molar refractivity (Wildman–Crippen MR) is 83.9 cm³/mol. The third kappa shape index (κ3) is 2.83. The van der Waals surface area contributed by atoms with Crippen LogP contribution in [0.5, 0.6) is 0 Å². The van der Waals surface area contributed by atoms with Gasteiger partial charge in [-0.25, -0.2) is 9.97 Å². The van der Waals surface area contributed by atoms with E-state index >= 15 is 0 Å². The summed E-state index contributed by atoms with van der Waals surface area (Å²) in [6.07, 6.45) is 0. The van der Waals surface area contributed by atoms with E-state index in [0.717, 1.165) is 20.7 Å². The fourth-order valence-electron chi connectivity index (χ4n) is 1.54. The number of hydrogen-bond donors (Lipinski definition) is 0. The van der Waals surface area contributed by atoms with E-state index in [0.29, 0.717) is 5.15 Å². The Morgan fingerprint density at radius 2 is 1.67 bits per heavy atom. The molecular weight excluding hydrogens is 359 g/mol. The lowest BCUT2D eigenvalue weighted by Gasteiger charge is -2.18. The Kier molecular flexibility index (Phi) is 3.92. The van der Waals surface area contributed by atoms with Crippen LogP contribution in [0.25, 0.3) is 11.3 Å². The van der Waals surface area contributed by atoms with Gasteiger partial charge in [0.25, 0.3) is 0 Å². The molecule has 1 aromatic carbocycles. The molecule has 1 heterocycles. The first-order valence-electron chi connectivity index (χ1n) is 5.68. The highest BCUT2D eigenvalue weighted by Crippen LogP contribution is 2.30. The number of nitrogens with zero attached hydrogens (tertiary/aromatic N) is 2. The molecular formula is C14H14ClIN2. The average molecular weight is 373 g/mol. The van der Waals surface area contributed by atoms with Gasteiger partial charge in [-0.1, -0.05) is 62.7 Å². The van der Waals surface area contributed by atoms with Crippen molar-refractivity contribution < 1.29 is 0 Å². The van der Waals surface area contributed by atoms with Crippen LogP contribution in [-0.2, 0) is 5.41 Å². The smallest absolute Gasteiger partial charge is 0.146 e. The van der Waals surface area contributed by atoms with Crippen molar-refractivity contribution in [1.82, 2.24) is 9.97 Å². The fraction of sp³-hybridized carbons (Fsp3) is 0.286. The third-order valence-corrected chi connectivity index (χ3v) is 4.14. The van der Waals surface area contributed by atoms with Gasteiger partial charge in [0.1, 0.15) is 11.0 Å². The maximum atomic E-state index is 6.22. The minimum Gasteiger partial charge on any atom is -0.231 e. The summed E-state index contributed by atoms with van der Waals surface area (Å²) < 4.78 is 0.897. The normalized spacial score (nSPS) is 11.6. The molecule has 4 heteroatoms. The lowest BCUT2D eigenvalue weighted by atomic mass is 9.95. The molecule has 0 radical (unpaired) electrons. The zero-order valence-corrected chi connectivity index (χ0v) is 13.5. The molecule has 2 nitrogen and oxygen atoms in total. The third-order valence-electron chi connectivity index (χ3n) is 2.53. The molecule has 0 spiro atoms. The van der Waals surface area contributed by atoms with Crippen LogP contribution in [0, 0.1) is 3.57 Å². The van der Waals surface area contributed by atoms with Crippen LogP contribution in [0.2, 0.25) is 5.15 Å². The van der Waals surface area contributed by atoms with Crippen LogP contribution in [0.15, 0.2) is 30.3 Å². The molecule has 18 heavy (non-hydrogen) atoms. The molecule has 0 unspecified atom stereocenters. The Morgan fingerprint density at radius 1 is 1.06 bits per heavy atom. The summed E-state index contributed by atoms with van der Waals surface area (Å²) >= 11 is 8.41. The number of hydrogen-bond acceptors (Lipinski definition) is 2. The molecule has 0 bridgehead atoms. The molecule has 0 N–H and O–H groups in total. The van der Waals surface area contributed by atoms with Crippen molar-refractivity contribution in [2.24, 2.45) is 0 Å². The molecule has 0 atom stereocenters. The highest BCUT2D eigenvalue weighted by molar-refractivity contribution is 14.1. The summed E-state index contributed by atoms with van der Waals surface area (Å²) in [6.45, 7) is 6.25. The van der Waals surface area contributed by atoms with Crippen LogP contribution in [0.3, 0.4) is 0 Å². The number of benzene rings is 1. The Hall–Kier alpha value is -0.680. The maximum Gasteiger partial charge on any atom is 0.146 e. The van der Waals surface area contributed by atoms with Crippen LogP contribution in [0.4, 0.5) is 0 Å². The van der Waals surface area contributed by atoms with Crippen molar-refractivity contribution in [3.8, 4) is 11.3 Å². The predicted octanol–water partition coefficient (Wildman–Crippen LogP) is 4.70. The fourth-order valence-corrected chi connectivity index (χ4v) is 2.26. The highest BCUT2D eigenvalue weighted by atomic mass is 127. The van der Waals surface area contributed by atoms with Gasteiger partial charge in [0, 0.05) is 11.0 Å². The average Bonchev–Trinajstić information content (AvgIpc) is 2.32. The van der Waals surface area contributed by atoms with Crippen LogP contribution >= 0.6 is 34.2 Å². The summed E-state index contributed by atoms with van der Waals surface area (Å²) in [5.74, 6) is 0.770. The first kappa shape index (κ1) is 13.7. The van der Waals surface area contributed by atoms with Gasteiger partial charge < -0.3 is 0 Å². The van der Waals surface area contributed by atoms with E-state index in [-0.39, 0.29) is 5.41 Å². The topological polar surface area (TPSA) is 25.8 Å². The van der Waals surface area contributed by atoms with E-state index < -0.39 is 0 Å². The Balaban J connectivity index is 2.64. The van der Waals surface area contributed by atoms with Crippen molar-refractivity contribution in [2.75, 3.05) is 0 Å². The number of rotatable bonds is 1. The van der Waals surface area contributed by atoms with Gasteiger partial charge in [-0.05, 0) is 22.6 Å². The van der Waals surface area contributed by atoms with Crippen molar-refractivity contribution in [3.63, 3.8) is 0 Å². The van der Waals surface area contributed by atoms with Crippen molar-refractivity contribution in [3.05, 3.63) is 44.9 Å². The molecule has 0 fully saturated rings. The number of halogens is 2. The largest absolute Gasteiger partial charge is 0.231 e. The summed E-state index contributed by atoms with van der Waals surface area (Å²) in [4.78, 5) is 9.05. The van der Waals surface area contributed by atoms with E-state index in [4.69, 9.17) is 11.6 Å². The minimum absolute atomic E-state index is 0.114. The first-order chi connectivity index (χ1) is 8.39. The second-order valence-corrected chi connectivity index (χ2v) is 6.55. The van der Waals surface area contributed by atoms with E-state index in [1.807, 2.05) is 30.3 Å².